The maximum atomic E-state index is 12.6. The Balaban J connectivity index is 1.49. The number of benzene rings is 2. The van der Waals surface area contributed by atoms with Crippen molar-refractivity contribution in [1.82, 2.24) is 0 Å². The van der Waals surface area contributed by atoms with Gasteiger partial charge < -0.3 is 5.32 Å². The molecule has 2 aromatic carbocycles. The molecule has 1 fully saturated rings. The topological polar surface area (TPSA) is 89.3 Å². The molecule has 6 heteroatoms. The van der Waals surface area contributed by atoms with E-state index in [-0.39, 0.29) is 22.1 Å². The molecular weight excluding hydrogens is 324 g/mol. The van der Waals surface area contributed by atoms with Gasteiger partial charge in [-0.1, -0.05) is 24.3 Å². The number of nitrogens with one attached hydrogen (secondary N) is 1. The molecule has 2 aliphatic carbocycles. The highest BCUT2D eigenvalue weighted by atomic mass is 32.2. The van der Waals surface area contributed by atoms with Gasteiger partial charge in [0.25, 0.3) is 0 Å². The van der Waals surface area contributed by atoms with Gasteiger partial charge in [-0.25, -0.2) is 13.6 Å². The predicted octanol–water partition coefficient (Wildman–Crippen LogP) is 2.18. The second-order valence-corrected chi connectivity index (χ2v) is 8.19. The van der Waals surface area contributed by atoms with Crippen LogP contribution in [0.4, 0.5) is 5.69 Å². The Morgan fingerprint density at radius 3 is 2.54 bits per heavy atom. The molecule has 3 N–H and O–H groups in total. The monoisotopic (exact) mass is 342 g/mol. The van der Waals surface area contributed by atoms with Crippen molar-refractivity contribution < 1.29 is 13.2 Å². The summed E-state index contributed by atoms with van der Waals surface area (Å²) in [6, 6.07) is 14.3. The molecule has 1 spiro atoms. The summed E-state index contributed by atoms with van der Waals surface area (Å²) < 4.78 is 22.5. The van der Waals surface area contributed by atoms with Crippen molar-refractivity contribution in [3.05, 3.63) is 59.7 Å². The standard InChI is InChI=1S/C18H18N2O3S/c19-24(22,23)14-7-5-13(6-8-14)20-17(21)16-11-18(16)10-9-12-3-1-2-4-15(12)18/h1-8,16H,9-11H2,(H,20,21)(H2,19,22,23)/t16-,18+/m0/s1. The van der Waals surface area contributed by atoms with Crippen LogP contribution in [-0.2, 0) is 26.7 Å². The first-order chi connectivity index (χ1) is 11.4. The zero-order valence-electron chi connectivity index (χ0n) is 13.0. The quantitative estimate of drug-likeness (QED) is 0.896. The van der Waals surface area contributed by atoms with E-state index in [9.17, 15) is 13.2 Å². The van der Waals surface area contributed by atoms with Gasteiger partial charge >= 0.3 is 0 Å². The predicted molar refractivity (Wildman–Crippen MR) is 91.0 cm³/mol. The van der Waals surface area contributed by atoms with Crippen LogP contribution in [0.3, 0.4) is 0 Å². The minimum atomic E-state index is -3.72. The highest BCUT2D eigenvalue weighted by Gasteiger charge is 2.61. The Morgan fingerprint density at radius 2 is 1.83 bits per heavy atom. The molecule has 1 saturated carbocycles. The summed E-state index contributed by atoms with van der Waals surface area (Å²) in [5.41, 5.74) is 3.25. The number of nitrogens with two attached hydrogens (primary N) is 1. The van der Waals surface area contributed by atoms with E-state index in [1.807, 2.05) is 12.1 Å². The SMILES string of the molecule is NS(=O)(=O)c1ccc(NC(=O)[C@@H]2C[C@@]23CCc2ccccc23)cc1. The average molecular weight is 342 g/mol. The Kier molecular flexibility index (Phi) is 3.30. The van der Waals surface area contributed by atoms with Crippen molar-refractivity contribution in [2.24, 2.45) is 11.1 Å². The van der Waals surface area contributed by atoms with E-state index < -0.39 is 10.0 Å². The highest BCUT2D eigenvalue weighted by molar-refractivity contribution is 7.89. The van der Waals surface area contributed by atoms with E-state index in [0.29, 0.717) is 5.69 Å². The number of amides is 1. The lowest BCUT2D eigenvalue weighted by molar-refractivity contribution is -0.117. The molecule has 0 bridgehead atoms. The lowest BCUT2D eigenvalue weighted by atomic mass is 9.95. The van der Waals surface area contributed by atoms with Crippen molar-refractivity contribution in [2.75, 3.05) is 5.32 Å². The van der Waals surface area contributed by atoms with Gasteiger partial charge in [0.05, 0.1) is 4.90 Å². The van der Waals surface area contributed by atoms with E-state index >= 15 is 0 Å². The van der Waals surface area contributed by atoms with Gasteiger partial charge in [-0.15, -0.1) is 0 Å². The number of sulfonamides is 1. The summed E-state index contributed by atoms with van der Waals surface area (Å²) in [6.45, 7) is 0. The molecule has 0 radical (unpaired) electrons. The van der Waals surface area contributed by atoms with Crippen LogP contribution >= 0.6 is 0 Å². The fraction of sp³-hybridized carbons (Fsp3) is 0.278. The summed E-state index contributed by atoms with van der Waals surface area (Å²) in [5.74, 6) is -0.0193. The first-order valence-electron chi connectivity index (χ1n) is 7.92. The molecule has 0 aromatic heterocycles. The highest BCUT2D eigenvalue weighted by Crippen LogP contribution is 2.61. The molecule has 0 heterocycles. The van der Waals surface area contributed by atoms with Gasteiger partial charge in [0.1, 0.15) is 0 Å². The number of primary sulfonamides is 1. The first-order valence-corrected chi connectivity index (χ1v) is 9.47. The number of hydrogen-bond donors (Lipinski definition) is 2. The summed E-state index contributed by atoms with van der Waals surface area (Å²) in [7, 11) is -3.72. The summed E-state index contributed by atoms with van der Waals surface area (Å²) >= 11 is 0. The Hall–Kier alpha value is -2.18. The normalized spacial score (nSPS) is 24.6. The van der Waals surface area contributed by atoms with E-state index in [4.69, 9.17) is 5.14 Å². The number of carbonyl (C=O) groups excluding carboxylic acids is 1. The lowest BCUT2D eigenvalue weighted by Gasteiger charge is -2.12. The number of aryl methyl sites for hydroxylation is 1. The zero-order valence-corrected chi connectivity index (χ0v) is 13.8. The van der Waals surface area contributed by atoms with Crippen LogP contribution in [0.2, 0.25) is 0 Å². The second-order valence-electron chi connectivity index (χ2n) is 6.63. The number of hydrogen-bond acceptors (Lipinski definition) is 3. The third kappa shape index (κ3) is 2.42. The van der Waals surface area contributed by atoms with Crippen molar-refractivity contribution in [1.29, 1.82) is 0 Å². The van der Waals surface area contributed by atoms with Gasteiger partial charge in [-0.2, -0.15) is 0 Å². The molecule has 2 atom stereocenters. The van der Waals surface area contributed by atoms with Crippen LogP contribution < -0.4 is 10.5 Å². The number of fused-ring (bicyclic) bond motifs is 2. The fourth-order valence-electron chi connectivity index (χ4n) is 3.90. The Bertz CT molecular complexity index is 922. The van der Waals surface area contributed by atoms with Crippen LogP contribution in [0.5, 0.6) is 0 Å². The minimum Gasteiger partial charge on any atom is -0.326 e. The van der Waals surface area contributed by atoms with Gasteiger partial charge in [-0.3, -0.25) is 4.79 Å². The fourth-order valence-corrected chi connectivity index (χ4v) is 4.41. The van der Waals surface area contributed by atoms with Gasteiger partial charge in [0.15, 0.2) is 0 Å². The molecule has 124 valence electrons. The van der Waals surface area contributed by atoms with Crippen molar-refractivity contribution >= 4 is 21.6 Å². The zero-order chi connectivity index (χ0) is 16.9. The van der Waals surface area contributed by atoms with Crippen molar-refractivity contribution in [2.45, 2.75) is 29.6 Å². The number of carbonyl (C=O) groups is 1. The third-order valence-corrected chi connectivity index (χ3v) is 6.17. The molecule has 2 aromatic rings. The Morgan fingerprint density at radius 1 is 1.12 bits per heavy atom. The molecule has 4 rings (SSSR count). The largest absolute Gasteiger partial charge is 0.326 e. The van der Waals surface area contributed by atoms with Gasteiger partial charge in [-0.05, 0) is 54.7 Å². The molecule has 2 aliphatic rings. The molecule has 5 nitrogen and oxygen atoms in total. The number of anilines is 1. The van der Waals surface area contributed by atoms with Crippen LogP contribution in [0, 0.1) is 5.92 Å². The summed E-state index contributed by atoms with van der Waals surface area (Å²) in [6.07, 6.45) is 2.93. The molecule has 1 amide bonds. The van der Waals surface area contributed by atoms with E-state index in [1.165, 1.54) is 23.3 Å². The second kappa shape index (κ2) is 5.16. The lowest BCUT2D eigenvalue weighted by Crippen LogP contribution is -2.20. The number of rotatable bonds is 3. The average Bonchev–Trinajstić information content (AvgIpc) is 3.17. The van der Waals surface area contributed by atoms with Crippen LogP contribution in [-0.4, -0.2) is 14.3 Å². The summed E-state index contributed by atoms with van der Waals surface area (Å²) in [4.78, 5) is 12.6. The minimum absolute atomic E-state index is 0.00121. The molecule has 0 unspecified atom stereocenters. The van der Waals surface area contributed by atoms with Crippen LogP contribution in [0.15, 0.2) is 53.4 Å². The molecular formula is C18H18N2O3S. The van der Waals surface area contributed by atoms with Crippen molar-refractivity contribution in [3.8, 4) is 0 Å². The Labute approximate surface area is 140 Å². The molecule has 0 aliphatic heterocycles. The first kappa shape index (κ1) is 15.4. The van der Waals surface area contributed by atoms with Gasteiger partial charge in [0, 0.05) is 17.0 Å². The van der Waals surface area contributed by atoms with Crippen LogP contribution in [0.25, 0.3) is 0 Å². The van der Waals surface area contributed by atoms with E-state index in [0.717, 1.165) is 19.3 Å². The van der Waals surface area contributed by atoms with E-state index in [2.05, 4.69) is 17.4 Å². The van der Waals surface area contributed by atoms with Gasteiger partial charge in [0.2, 0.25) is 15.9 Å². The molecule has 24 heavy (non-hydrogen) atoms. The molecule has 0 saturated heterocycles. The smallest absolute Gasteiger partial charge is 0.238 e. The maximum absolute atomic E-state index is 12.6. The van der Waals surface area contributed by atoms with Crippen LogP contribution in [0.1, 0.15) is 24.0 Å². The maximum Gasteiger partial charge on any atom is 0.238 e. The van der Waals surface area contributed by atoms with Crippen molar-refractivity contribution in [3.63, 3.8) is 0 Å². The summed E-state index contributed by atoms with van der Waals surface area (Å²) in [5, 5.41) is 7.96. The third-order valence-electron chi connectivity index (χ3n) is 5.24. The van der Waals surface area contributed by atoms with E-state index in [1.54, 1.807) is 12.1 Å².